The summed E-state index contributed by atoms with van der Waals surface area (Å²) in [7, 11) is 0. The Morgan fingerprint density at radius 1 is 1.18 bits per heavy atom. The van der Waals surface area contributed by atoms with Crippen molar-refractivity contribution in [3.05, 3.63) is 29.8 Å². The fourth-order valence-corrected chi connectivity index (χ4v) is 3.35. The molecule has 0 aliphatic carbocycles. The van der Waals surface area contributed by atoms with Crippen molar-refractivity contribution in [2.75, 3.05) is 19.6 Å². The number of carbonyl (C=O) groups is 3. The summed E-state index contributed by atoms with van der Waals surface area (Å²) in [6.45, 7) is 10.2. The minimum atomic E-state index is -1.25. The molecule has 0 bridgehead atoms. The number of hydrogen-bond donors (Lipinski definition) is 2. The Bertz CT molecular complexity index is 778. The number of primary amides is 1. The average molecular weight is 388 g/mol. The minimum Gasteiger partial charge on any atom is -0.507 e. The molecule has 1 aromatic carbocycles. The van der Waals surface area contributed by atoms with Crippen molar-refractivity contribution in [1.29, 1.82) is 0 Å². The van der Waals surface area contributed by atoms with Crippen LogP contribution in [0.15, 0.2) is 29.4 Å². The number of phenols is 1. The van der Waals surface area contributed by atoms with E-state index >= 15 is 0 Å². The number of carbonyl (C=O) groups excluding carboxylic acids is 3. The highest BCUT2D eigenvalue weighted by Gasteiger charge is 2.42. The summed E-state index contributed by atoms with van der Waals surface area (Å²) >= 11 is 0. The molecule has 0 aromatic heterocycles. The summed E-state index contributed by atoms with van der Waals surface area (Å²) < 4.78 is 0. The van der Waals surface area contributed by atoms with E-state index in [0.29, 0.717) is 29.0 Å². The van der Waals surface area contributed by atoms with Crippen molar-refractivity contribution >= 4 is 23.4 Å². The first-order chi connectivity index (χ1) is 13.1. The summed E-state index contributed by atoms with van der Waals surface area (Å²) in [5, 5.41) is 14.8. The summed E-state index contributed by atoms with van der Waals surface area (Å²) in [5.41, 5.74) is 5.67. The quantitative estimate of drug-likeness (QED) is 0.681. The number of imide groups is 1. The van der Waals surface area contributed by atoms with Crippen molar-refractivity contribution in [3.63, 3.8) is 0 Å². The largest absolute Gasteiger partial charge is 0.507 e. The molecule has 0 radical (unpaired) electrons. The molecular weight excluding hydrogens is 360 g/mol. The molecule has 1 unspecified atom stereocenters. The van der Waals surface area contributed by atoms with E-state index in [1.165, 1.54) is 6.07 Å². The predicted molar refractivity (Wildman–Crippen MR) is 105 cm³/mol. The highest BCUT2D eigenvalue weighted by molar-refractivity contribution is 6.39. The lowest BCUT2D eigenvalue weighted by Crippen LogP contribution is -2.44. The molecule has 8 heteroatoms. The monoisotopic (exact) mass is 388 g/mol. The van der Waals surface area contributed by atoms with Crippen LogP contribution in [0.25, 0.3) is 0 Å². The number of aromatic hydroxyl groups is 1. The molecule has 1 atom stereocenters. The molecule has 0 spiro atoms. The molecule has 0 fully saturated rings. The van der Waals surface area contributed by atoms with E-state index in [9.17, 15) is 19.5 Å². The van der Waals surface area contributed by atoms with Crippen molar-refractivity contribution in [2.24, 2.45) is 28.6 Å². The molecule has 1 aromatic rings. The van der Waals surface area contributed by atoms with Crippen LogP contribution in [-0.4, -0.2) is 58.1 Å². The number of nitrogens with zero attached hydrogens (tertiary/aromatic N) is 3. The van der Waals surface area contributed by atoms with E-state index in [1.54, 1.807) is 18.2 Å². The van der Waals surface area contributed by atoms with E-state index in [-0.39, 0.29) is 11.5 Å². The first-order valence-electron chi connectivity index (χ1n) is 9.38. The number of nitrogens with two attached hydrogens (primary N) is 1. The zero-order valence-electron chi connectivity index (χ0n) is 16.8. The molecule has 0 saturated carbocycles. The Labute approximate surface area is 165 Å². The van der Waals surface area contributed by atoms with E-state index in [2.05, 4.69) is 37.7 Å². The van der Waals surface area contributed by atoms with Crippen molar-refractivity contribution in [1.82, 2.24) is 9.91 Å². The predicted octanol–water partition coefficient (Wildman–Crippen LogP) is 1.18. The topological polar surface area (TPSA) is 116 Å². The van der Waals surface area contributed by atoms with Gasteiger partial charge in [-0.05, 0) is 24.0 Å². The van der Waals surface area contributed by atoms with Crippen molar-refractivity contribution in [2.45, 2.75) is 27.7 Å². The van der Waals surface area contributed by atoms with Gasteiger partial charge in [-0.15, -0.1) is 0 Å². The van der Waals surface area contributed by atoms with Crippen LogP contribution < -0.4 is 5.73 Å². The van der Waals surface area contributed by atoms with Crippen LogP contribution in [0.2, 0.25) is 0 Å². The summed E-state index contributed by atoms with van der Waals surface area (Å²) in [6, 6.07) is 6.47. The SMILES string of the molecule is CC(C)CN(CC(C)C)CC1C(=O)N(C(=O)C(N)=O)N=C1c1ccccc1O. The number of rotatable bonds is 7. The van der Waals surface area contributed by atoms with Crippen LogP contribution in [0, 0.1) is 17.8 Å². The normalized spacial score (nSPS) is 17.0. The molecule has 8 nitrogen and oxygen atoms in total. The van der Waals surface area contributed by atoms with Crippen LogP contribution in [0.3, 0.4) is 0 Å². The third kappa shape index (κ3) is 4.95. The molecule has 1 aliphatic heterocycles. The second-order valence-electron chi connectivity index (χ2n) is 7.88. The van der Waals surface area contributed by atoms with Crippen LogP contribution >= 0.6 is 0 Å². The first kappa shape index (κ1) is 21.6. The first-order valence-corrected chi connectivity index (χ1v) is 9.38. The van der Waals surface area contributed by atoms with E-state index in [4.69, 9.17) is 5.73 Å². The second kappa shape index (κ2) is 8.97. The van der Waals surface area contributed by atoms with Gasteiger partial charge in [0.15, 0.2) is 0 Å². The molecule has 3 amide bonds. The van der Waals surface area contributed by atoms with Crippen LogP contribution in [0.5, 0.6) is 5.75 Å². The van der Waals surface area contributed by atoms with E-state index in [0.717, 1.165) is 13.1 Å². The van der Waals surface area contributed by atoms with Crippen molar-refractivity contribution < 1.29 is 19.5 Å². The third-order valence-electron chi connectivity index (χ3n) is 4.32. The van der Waals surface area contributed by atoms with Gasteiger partial charge in [0.25, 0.3) is 5.91 Å². The summed E-state index contributed by atoms with van der Waals surface area (Å²) in [4.78, 5) is 38.4. The molecule has 1 aliphatic rings. The third-order valence-corrected chi connectivity index (χ3v) is 4.32. The number of hydrogen-bond acceptors (Lipinski definition) is 6. The zero-order chi connectivity index (χ0) is 21.0. The molecular formula is C20H28N4O4. The smallest absolute Gasteiger partial charge is 0.338 e. The van der Waals surface area contributed by atoms with Gasteiger partial charge in [0.05, 0.1) is 11.6 Å². The van der Waals surface area contributed by atoms with Gasteiger partial charge in [-0.25, -0.2) is 0 Å². The van der Waals surface area contributed by atoms with Crippen molar-refractivity contribution in [3.8, 4) is 5.75 Å². The van der Waals surface area contributed by atoms with Gasteiger partial charge in [0.1, 0.15) is 5.75 Å². The van der Waals surface area contributed by atoms with Gasteiger partial charge in [-0.2, -0.15) is 10.1 Å². The number of benzene rings is 1. The Kier molecular flexibility index (Phi) is 6.90. The van der Waals surface area contributed by atoms with Crippen LogP contribution in [0.1, 0.15) is 33.3 Å². The minimum absolute atomic E-state index is 0.0494. The lowest BCUT2D eigenvalue weighted by molar-refractivity contribution is -0.151. The van der Waals surface area contributed by atoms with E-state index < -0.39 is 23.6 Å². The number of amides is 3. The van der Waals surface area contributed by atoms with Crippen LogP contribution in [-0.2, 0) is 14.4 Å². The average Bonchev–Trinajstić information content (AvgIpc) is 2.90. The Hall–Kier alpha value is -2.74. The maximum Gasteiger partial charge on any atom is 0.338 e. The molecule has 152 valence electrons. The Morgan fingerprint density at radius 2 is 1.75 bits per heavy atom. The Morgan fingerprint density at radius 3 is 2.25 bits per heavy atom. The number of phenolic OH excluding ortho intramolecular Hbond substituents is 1. The molecule has 2 rings (SSSR count). The van der Waals surface area contributed by atoms with Crippen LogP contribution in [0.4, 0.5) is 0 Å². The standard InChI is InChI=1S/C20H28N4O4/c1-12(2)9-23(10-13(3)4)11-15-17(14-7-5-6-8-16(14)25)22-24(19(15)27)20(28)18(21)26/h5-8,12-13,15,25H,9-11H2,1-4H3,(H2,21,26). The van der Waals surface area contributed by atoms with Gasteiger partial charge < -0.3 is 15.7 Å². The highest BCUT2D eigenvalue weighted by atomic mass is 16.3. The fraction of sp³-hybridized carbons (Fsp3) is 0.500. The summed E-state index contributed by atoms with van der Waals surface area (Å²) in [6.07, 6.45) is 0. The van der Waals surface area contributed by atoms with Gasteiger partial charge >= 0.3 is 11.8 Å². The highest BCUT2D eigenvalue weighted by Crippen LogP contribution is 2.28. The maximum absolute atomic E-state index is 12.9. The molecule has 28 heavy (non-hydrogen) atoms. The Balaban J connectivity index is 2.42. The van der Waals surface area contributed by atoms with Gasteiger partial charge in [-0.1, -0.05) is 39.8 Å². The molecule has 3 N–H and O–H groups in total. The lowest BCUT2D eigenvalue weighted by atomic mass is 9.94. The molecule has 0 saturated heterocycles. The molecule has 1 heterocycles. The fourth-order valence-electron chi connectivity index (χ4n) is 3.35. The zero-order valence-corrected chi connectivity index (χ0v) is 16.8. The maximum atomic E-state index is 12.9. The van der Waals surface area contributed by atoms with Gasteiger partial charge in [-0.3, -0.25) is 14.4 Å². The van der Waals surface area contributed by atoms with Gasteiger partial charge in [0, 0.05) is 25.2 Å². The summed E-state index contributed by atoms with van der Waals surface area (Å²) in [5.74, 6) is -3.12. The second-order valence-corrected chi connectivity index (χ2v) is 7.88. The number of hydrazone groups is 1. The van der Waals surface area contributed by atoms with Gasteiger partial charge in [0.2, 0.25) is 0 Å². The van der Waals surface area contributed by atoms with E-state index in [1.807, 2.05) is 0 Å². The lowest BCUT2D eigenvalue weighted by Gasteiger charge is -2.28. The number of para-hydroxylation sites is 1.